The van der Waals surface area contributed by atoms with Gasteiger partial charge in [0.25, 0.3) is 0 Å². The largest absolute Gasteiger partial charge is 0.313 e. The second kappa shape index (κ2) is 4.06. The van der Waals surface area contributed by atoms with Gasteiger partial charge in [-0.05, 0) is 41.0 Å². The highest BCUT2D eigenvalue weighted by molar-refractivity contribution is 4.97. The van der Waals surface area contributed by atoms with Crippen molar-refractivity contribution in [3.63, 3.8) is 0 Å². The van der Waals surface area contributed by atoms with Gasteiger partial charge in [-0.15, -0.1) is 6.58 Å². The van der Waals surface area contributed by atoms with Crippen LogP contribution in [0.1, 0.15) is 41.0 Å². The monoisotopic (exact) mass is 171 g/mol. The van der Waals surface area contributed by atoms with Gasteiger partial charge in [-0.25, -0.2) is 0 Å². The van der Waals surface area contributed by atoms with Gasteiger partial charge < -0.3 is 5.21 Å². The van der Waals surface area contributed by atoms with Crippen molar-refractivity contribution < 1.29 is 5.21 Å². The highest BCUT2D eigenvalue weighted by Gasteiger charge is 2.27. The summed E-state index contributed by atoms with van der Waals surface area (Å²) in [5, 5.41) is 11.1. The molecule has 0 aromatic carbocycles. The molecule has 0 aliphatic heterocycles. The minimum atomic E-state index is -0.208. The Hall–Kier alpha value is -0.340. The molecular formula is C10H21NO. The van der Waals surface area contributed by atoms with Crippen molar-refractivity contribution in [1.29, 1.82) is 0 Å². The minimum absolute atomic E-state index is 0.152. The summed E-state index contributed by atoms with van der Waals surface area (Å²) >= 11 is 0. The zero-order chi connectivity index (χ0) is 9.94. The Kier molecular flexibility index (Phi) is 3.94. The topological polar surface area (TPSA) is 23.5 Å². The van der Waals surface area contributed by atoms with Crippen molar-refractivity contribution in [2.24, 2.45) is 0 Å². The fourth-order valence-corrected chi connectivity index (χ4v) is 1.52. The molecule has 0 fully saturated rings. The molecule has 0 amide bonds. The molecule has 1 N–H and O–H groups in total. The van der Waals surface area contributed by atoms with Crippen LogP contribution in [-0.4, -0.2) is 21.9 Å². The van der Waals surface area contributed by atoms with Gasteiger partial charge >= 0.3 is 0 Å². The Morgan fingerprint density at radius 3 is 2.17 bits per heavy atom. The fourth-order valence-electron chi connectivity index (χ4n) is 1.52. The highest BCUT2D eigenvalue weighted by Crippen LogP contribution is 2.22. The second-order valence-electron chi connectivity index (χ2n) is 4.38. The lowest BCUT2D eigenvalue weighted by Gasteiger charge is -2.36. The molecule has 0 heterocycles. The SMILES string of the molecule is C=C(C)CC(C)(C)N(O)C(C)C. The summed E-state index contributed by atoms with van der Waals surface area (Å²) in [5.74, 6) is 0. The number of rotatable bonds is 4. The molecule has 2 nitrogen and oxygen atoms in total. The first-order chi connectivity index (χ1) is 5.27. The molecule has 72 valence electrons. The lowest BCUT2D eigenvalue weighted by molar-refractivity contribution is -0.184. The molecule has 2 heteroatoms. The first-order valence-electron chi connectivity index (χ1n) is 4.40. The van der Waals surface area contributed by atoms with Crippen LogP contribution in [0.4, 0.5) is 0 Å². The van der Waals surface area contributed by atoms with Gasteiger partial charge in [-0.2, -0.15) is 5.06 Å². The normalized spacial score (nSPS) is 12.7. The van der Waals surface area contributed by atoms with Crippen LogP contribution in [0.3, 0.4) is 0 Å². The minimum Gasteiger partial charge on any atom is -0.313 e. The third kappa shape index (κ3) is 3.37. The van der Waals surface area contributed by atoms with E-state index in [1.165, 1.54) is 5.06 Å². The van der Waals surface area contributed by atoms with Crippen molar-refractivity contribution in [3.8, 4) is 0 Å². The quantitative estimate of drug-likeness (QED) is 0.519. The van der Waals surface area contributed by atoms with Crippen LogP contribution in [-0.2, 0) is 0 Å². The maximum Gasteiger partial charge on any atom is 0.0444 e. The highest BCUT2D eigenvalue weighted by atomic mass is 16.5. The first-order valence-corrected chi connectivity index (χ1v) is 4.40. The summed E-state index contributed by atoms with van der Waals surface area (Å²) in [4.78, 5) is 0. The maximum atomic E-state index is 9.70. The molecule has 12 heavy (non-hydrogen) atoms. The molecule has 0 aromatic rings. The van der Waals surface area contributed by atoms with E-state index in [1.807, 2.05) is 34.6 Å². The molecule has 0 bridgehead atoms. The smallest absolute Gasteiger partial charge is 0.0444 e. The van der Waals surface area contributed by atoms with E-state index >= 15 is 0 Å². The van der Waals surface area contributed by atoms with E-state index in [0.29, 0.717) is 0 Å². The number of nitrogens with zero attached hydrogens (tertiary/aromatic N) is 1. The van der Waals surface area contributed by atoms with Crippen LogP contribution in [0.5, 0.6) is 0 Å². The molecule has 0 atom stereocenters. The van der Waals surface area contributed by atoms with Gasteiger partial charge in [0.2, 0.25) is 0 Å². The maximum absolute atomic E-state index is 9.70. The standard InChI is InChI=1S/C10H21NO/c1-8(2)7-10(5,6)11(12)9(3)4/h9,12H,1,7H2,2-6H3. The Morgan fingerprint density at radius 1 is 1.50 bits per heavy atom. The third-order valence-electron chi connectivity index (χ3n) is 1.84. The summed E-state index contributed by atoms with van der Waals surface area (Å²) in [5.41, 5.74) is 0.889. The molecule has 0 aromatic heterocycles. The summed E-state index contributed by atoms with van der Waals surface area (Å²) < 4.78 is 0. The lowest BCUT2D eigenvalue weighted by Crippen LogP contribution is -2.45. The average Bonchev–Trinajstić information content (AvgIpc) is 1.82. The van der Waals surface area contributed by atoms with E-state index in [0.717, 1.165) is 12.0 Å². The van der Waals surface area contributed by atoms with Gasteiger partial charge in [-0.1, -0.05) is 5.57 Å². The van der Waals surface area contributed by atoms with E-state index in [2.05, 4.69) is 6.58 Å². The summed E-state index contributed by atoms with van der Waals surface area (Å²) in [7, 11) is 0. The van der Waals surface area contributed by atoms with Gasteiger partial charge in [-0.3, -0.25) is 0 Å². The summed E-state index contributed by atoms with van der Waals surface area (Å²) in [6, 6.07) is 0.152. The van der Waals surface area contributed by atoms with Gasteiger partial charge in [0.05, 0.1) is 0 Å². The molecule has 0 saturated carbocycles. The lowest BCUT2D eigenvalue weighted by atomic mass is 9.95. The van der Waals surface area contributed by atoms with Crippen molar-refractivity contribution in [2.75, 3.05) is 0 Å². The third-order valence-corrected chi connectivity index (χ3v) is 1.84. The van der Waals surface area contributed by atoms with Crippen LogP contribution in [0, 0.1) is 0 Å². The molecule has 0 aliphatic carbocycles. The van der Waals surface area contributed by atoms with Crippen LogP contribution < -0.4 is 0 Å². The van der Waals surface area contributed by atoms with Gasteiger partial charge in [0.1, 0.15) is 0 Å². The number of hydrogen-bond donors (Lipinski definition) is 1. The van der Waals surface area contributed by atoms with Crippen LogP contribution >= 0.6 is 0 Å². The molecule has 0 spiro atoms. The Morgan fingerprint density at radius 2 is 1.92 bits per heavy atom. The van der Waals surface area contributed by atoms with Crippen LogP contribution in [0.15, 0.2) is 12.2 Å². The summed E-state index contributed by atoms with van der Waals surface area (Å²) in [6.07, 6.45) is 0.821. The zero-order valence-corrected chi connectivity index (χ0v) is 8.89. The molecule has 0 aliphatic rings. The fraction of sp³-hybridized carbons (Fsp3) is 0.800. The van der Waals surface area contributed by atoms with E-state index in [-0.39, 0.29) is 11.6 Å². The second-order valence-corrected chi connectivity index (χ2v) is 4.38. The molecule has 0 saturated heterocycles. The molecular weight excluding hydrogens is 150 g/mol. The van der Waals surface area contributed by atoms with Crippen LogP contribution in [0.25, 0.3) is 0 Å². The predicted molar refractivity (Wildman–Crippen MR) is 52.3 cm³/mol. The predicted octanol–water partition coefficient (Wildman–Crippen LogP) is 2.83. The molecule has 0 unspecified atom stereocenters. The molecule has 0 radical (unpaired) electrons. The Balaban J connectivity index is 4.28. The zero-order valence-electron chi connectivity index (χ0n) is 8.89. The number of hydroxylamine groups is 2. The summed E-state index contributed by atoms with van der Waals surface area (Å²) in [6.45, 7) is 13.8. The van der Waals surface area contributed by atoms with E-state index in [1.54, 1.807) is 0 Å². The van der Waals surface area contributed by atoms with Crippen molar-refractivity contribution >= 4 is 0 Å². The van der Waals surface area contributed by atoms with Crippen molar-refractivity contribution in [3.05, 3.63) is 12.2 Å². The Bertz CT molecular complexity index is 161. The molecule has 0 rings (SSSR count). The van der Waals surface area contributed by atoms with Gasteiger partial charge in [0.15, 0.2) is 0 Å². The van der Waals surface area contributed by atoms with E-state index in [9.17, 15) is 5.21 Å². The first kappa shape index (κ1) is 11.7. The average molecular weight is 171 g/mol. The van der Waals surface area contributed by atoms with Crippen LogP contribution in [0.2, 0.25) is 0 Å². The van der Waals surface area contributed by atoms with Crippen molar-refractivity contribution in [2.45, 2.75) is 52.6 Å². The van der Waals surface area contributed by atoms with E-state index < -0.39 is 0 Å². The number of hydrogen-bond acceptors (Lipinski definition) is 2. The van der Waals surface area contributed by atoms with Crippen molar-refractivity contribution in [1.82, 2.24) is 5.06 Å². The Labute approximate surface area is 75.8 Å². The van der Waals surface area contributed by atoms with E-state index in [4.69, 9.17) is 0 Å². The van der Waals surface area contributed by atoms with Gasteiger partial charge in [0, 0.05) is 11.6 Å².